The summed E-state index contributed by atoms with van der Waals surface area (Å²) in [5, 5.41) is 3.14. The minimum absolute atomic E-state index is 0. The van der Waals surface area contributed by atoms with Crippen LogP contribution < -0.4 is 11.1 Å². The molecule has 1 aromatic rings. The minimum atomic E-state index is 0. The van der Waals surface area contributed by atoms with Gasteiger partial charge in [0.05, 0.1) is 0 Å². The summed E-state index contributed by atoms with van der Waals surface area (Å²) < 4.78 is 0. The third-order valence-corrected chi connectivity index (χ3v) is 2.83. The predicted molar refractivity (Wildman–Crippen MR) is 92.0 cm³/mol. The molecule has 0 atom stereocenters. The van der Waals surface area contributed by atoms with Gasteiger partial charge in [0.1, 0.15) is 0 Å². The van der Waals surface area contributed by atoms with Crippen LogP contribution >= 0.6 is 24.0 Å². The van der Waals surface area contributed by atoms with Gasteiger partial charge in [0.15, 0.2) is 5.96 Å². The van der Waals surface area contributed by atoms with Crippen LogP contribution in [0.25, 0.3) is 0 Å². The number of nitrogens with one attached hydrogen (secondary N) is 1. The molecule has 0 aliphatic rings. The zero-order chi connectivity index (χ0) is 13.4. The molecule has 108 valence electrons. The van der Waals surface area contributed by atoms with E-state index in [1.54, 1.807) is 0 Å². The van der Waals surface area contributed by atoms with E-state index in [2.05, 4.69) is 36.1 Å². The van der Waals surface area contributed by atoms with E-state index >= 15 is 0 Å². The molecule has 5 heteroatoms. The van der Waals surface area contributed by atoms with Gasteiger partial charge in [-0.25, -0.2) is 0 Å². The molecule has 1 heterocycles. The van der Waals surface area contributed by atoms with Crippen LogP contribution in [0.4, 0.5) is 0 Å². The molecule has 3 N–H and O–H groups in total. The molecule has 0 saturated carbocycles. The Labute approximate surface area is 133 Å². The summed E-state index contributed by atoms with van der Waals surface area (Å²) in [6.07, 6.45) is 5.72. The Balaban J connectivity index is 0.00000324. The molecule has 0 fully saturated rings. The first-order valence-electron chi connectivity index (χ1n) is 6.53. The van der Waals surface area contributed by atoms with Crippen LogP contribution in [0.5, 0.6) is 0 Å². The lowest BCUT2D eigenvalue weighted by Crippen LogP contribution is -2.33. The Morgan fingerprint density at radius 1 is 1.47 bits per heavy atom. The molecule has 0 aliphatic carbocycles. The summed E-state index contributed by atoms with van der Waals surface area (Å²) in [6.45, 7) is 8.05. The van der Waals surface area contributed by atoms with Crippen molar-refractivity contribution in [1.29, 1.82) is 0 Å². The van der Waals surface area contributed by atoms with Crippen molar-refractivity contribution in [3.8, 4) is 0 Å². The van der Waals surface area contributed by atoms with Gasteiger partial charge in [-0.05, 0) is 42.9 Å². The molecule has 0 aromatic carbocycles. The van der Waals surface area contributed by atoms with Gasteiger partial charge >= 0.3 is 0 Å². The van der Waals surface area contributed by atoms with Gasteiger partial charge in [-0.1, -0.05) is 13.8 Å². The Hall–Kier alpha value is -0.850. The van der Waals surface area contributed by atoms with Gasteiger partial charge in [0, 0.05) is 25.5 Å². The molecule has 0 radical (unpaired) electrons. The Kier molecular flexibility index (Phi) is 9.55. The second-order valence-corrected chi connectivity index (χ2v) is 4.93. The normalized spacial score (nSPS) is 11.3. The largest absolute Gasteiger partial charge is 0.370 e. The van der Waals surface area contributed by atoms with Gasteiger partial charge in [0.2, 0.25) is 0 Å². The number of hydrogen-bond donors (Lipinski definition) is 2. The van der Waals surface area contributed by atoms with E-state index in [0.717, 1.165) is 25.9 Å². The van der Waals surface area contributed by atoms with Crippen molar-refractivity contribution in [2.45, 2.75) is 33.6 Å². The van der Waals surface area contributed by atoms with Crippen LogP contribution in [0.15, 0.2) is 23.5 Å². The van der Waals surface area contributed by atoms with Crippen LogP contribution in [-0.4, -0.2) is 24.0 Å². The summed E-state index contributed by atoms with van der Waals surface area (Å²) in [7, 11) is 0. The van der Waals surface area contributed by atoms with Gasteiger partial charge in [-0.15, -0.1) is 24.0 Å². The van der Waals surface area contributed by atoms with E-state index in [1.165, 1.54) is 11.1 Å². The molecule has 19 heavy (non-hydrogen) atoms. The SMILES string of the molecule is Cc1cnccc1CCNC(N)=NCCC(C)C.I. The van der Waals surface area contributed by atoms with Crippen molar-refractivity contribution < 1.29 is 0 Å². The van der Waals surface area contributed by atoms with E-state index in [0.29, 0.717) is 11.9 Å². The minimum Gasteiger partial charge on any atom is -0.370 e. The maximum atomic E-state index is 5.79. The Morgan fingerprint density at radius 2 is 2.21 bits per heavy atom. The van der Waals surface area contributed by atoms with Crippen molar-refractivity contribution in [2.24, 2.45) is 16.6 Å². The summed E-state index contributed by atoms with van der Waals surface area (Å²) >= 11 is 0. The molecular formula is C14H25IN4. The van der Waals surface area contributed by atoms with Gasteiger partial charge in [-0.2, -0.15) is 0 Å². The summed E-state index contributed by atoms with van der Waals surface area (Å²) in [5.41, 5.74) is 8.30. The summed E-state index contributed by atoms with van der Waals surface area (Å²) in [5.74, 6) is 1.21. The number of nitrogens with zero attached hydrogens (tertiary/aromatic N) is 2. The zero-order valence-electron chi connectivity index (χ0n) is 12.0. The standard InChI is InChI=1S/C14H24N4.HI/c1-11(2)4-8-17-14(15)18-9-6-13-5-7-16-10-12(13)3;/h5,7,10-11H,4,6,8-9H2,1-3H3,(H3,15,17,18);1H. The van der Waals surface area contributed by atoms with E-state index in [4.69, 9.17) is 5.73 Å². The molecule has 0 bridgehead atoms. The lowest BCUT2D eigenvalue weighted by atomic mass is 10.1. The quantitative estimate of drug-likeness (QED) is 0.456. The number of guanidine groups is 1. The number of aryl methyl sites for hydroxylation is 1. The van der Waals surface area contributed by atoms with Crippen molar-refractivity contribution in [2.75, 3.05) is 13.1 Å². The maximum absolute atomic E-state index is 5.79. The second kappa shape index (κ2) is 10.00. The number of aromatic nitrogens is 1. The summed E-state index contributed by atoms with van der Waals surface area (Å²) in [6, 6.07) is 2.04. The highest BCUT2D eigenvalue weighted by molar-refractivity contribution is 14.0. The topological polar surface area (TPSA) is 63.3 Å². The first-order chi connectivity index (χ1) is 8.59. The lowest BCUT2D eigenvalue weighted by Gasteiger charge is -2.08. The van der Waals surface area contributed by atoms with Crippen molar-refractivity contribution >= 4 is 29.9 Å². The van der Waals surface area contributed by atoms with Crippen molar-refractivity contribution in [1.82, 2.24) is 10.3 Å². The van der Waals surface area contributed by atoms with Crippen LogP contribution in [0.1, 0.15) is 31.4 Å². The fourth-order valence-corrected chi connectivity index (χ4v) is 1.61. The van der Waals surface area contributed by atoms with Gasteiger partial charge in [-0.3, -0.25) is 9.98 Å². The number of nitrogens with two attached hydrogens (primary N) is 1. The molecule has 4 nitrogen and oxygen atoms in total. The number of aliphatic imine (C=N–C) groups is 1. The average Bonchev–Trinajstić information content (AvgIpc) is 2.31. The Morgan fingerprint density at radius 3 is 2.84 bits per heavy atom. The van der Waals surface area contributed by atoms with Crippen molar-refractivity contribution in [3.63, 3.8) is 0 Å². The maximum Gasteiger partial charge on any atom is 0.188 e. The molecule has 0 saturated heterocycles. The monoisotopic (exact) mass is 376 g/mol. The number of rotatable bonds is 6. The molecule has 0 unspecified atom stereocenters. The van der Waals surface area contributed by atoms with Crippen LogP contribution in [0.3, 0.4) is 0 Å². The highest BCUT2D eigenvalue weighted by atomic mass is 127. The molecule has 0 amide bonds. The van der Waals surface area contributed by atoms with Crippen molar-refractivity contribution in [3.05, 3.63) is 29.6 Å². The highest BCUT2D eigenvalue weighted by Gasteiger charge is 1.98. The average molecular weight is 376 g/mol. The fraction of sp³-hybridized carbons (Fsp3) is 0.571. The molecule has 1 rings (SSSR count). The first-order valence-corrected chi connectivity index (χ1v) is 6.53. The third-order valence-electron chi connectivity index (χ3n) is 2.83. The summed E-state index contributed by atoms with van der Waals surface area (Å²) in [4.78, 5) is 8.37. The van der Waals surface area contributed by atoms with Crippen LogP contribution in [-0.2, 0) is 6.42 Å². The zero-order valence-corrected chi connectivity index (χ0v) is 14.3. The number of hydrogen-bond acceptors (Lipinski definition) is 2. The van der Waals surface area contributed by atoms with E-state index in [-0.39, 0.29) is 24.0 Å². The van der Waals surface area contributed by atoms with E-state index < -0.39 is 0 Å². The number of pyridine rings is 1. The van der Waals surface area contributed by atoms with E-state index in [1.807, 2.05) is 18.5 Å². The predicted octanol–water partition coefficient (Wildman–Crippen LogP) is 2.50. The van der Waals surface area contributed by atoms with Gasteiger partial charge < -0.3 is 11.1 Å². The number of halogens is 1. The van der Waals surface area contributed by atoms with Gasteiger partial charge in [0.25, 0.3) is 0 Å². The smallest absolute Gasteiger partial charge is 0.188 e. The second-order valence-electron chi connectivity index (χ2n) is 4.93. The lowest BCUT2D eigenvalue weighted by molar-refractivity contribution is 0.595. The third kappa shape index (κ3) is 8.02. The molecule has 0 aliphatic heterocycles. The highest BCUT2D eigenvalue weighted by Crippen LogP contribution is 2.04. The Bertz CT molecular complexity index is 391. The first kappa shape index (κ1) is 18.1. The molecular weight excluding hydrogens is 351 g/mol. The molecule has 1 aromatic heterocycles. The van der Waals surface area contributed by atoms with Crippen LogP contribution in [0.2, 0.25) is 0 Å². The van der Waals surface area contributed by atoms with E-state index in [9.17, 15) is 0 Å². The van der Waals surface area contributed by atoms with Crippen LogP contribution in [0, 0.1) is 12.8 Å². The molecule has 0 spiro atoms. The fourth-order valence-electron chi connectivity index (χ4n) is 1.61.